The normalized spacial score (nSPS) is 12.3. The van der Waals surface area contributed by atoms with Crippen molar-refractivity contribution in [3.8, 4) is 0 Å². The van der Waals surface area contributed by atoms with Crippen molar-refractivity contribution in [1.82, 2.24) is 0 Å². The van der Waals surface area contributed by atoms with Crippen molar-refractivity contribution in [3.05, 3.63) is 0 Å². The number of ether oxygens (including phenoxy) is 2. The van der Waals surface area contributed by atoms with Crippen LogP contribution in [0.2, 0.25) is 0 Å². The fourth-order valence-corrected chi connectivity index (χ4v) is 4.18. The van der Waals surface area contributed by atoms with Crippen LogP contribution < -0.4 is 0 Å². The van der Waals surface area contributed by atoms with Gasteiger partial charge in [-0.15, -0.1) is 0 Å². The maximum Gasteiger partial charge on any atom is 0.305 e. The van der Waals surface area contributed by atoms with Crippen molar-refractivity contribution in [2.24, 2.45) is 17.8 Å². The average molecular weight is 497 g/mol. The number of carbonyl (C=O) groups is 2. The lowest BCUT2D eigenvalue weighted by molar-refractivity contribution is -0.145. The van der Waals surface area contributed by atoms with Crippen LogP contribution >= 0.6 is 0 Å². The monoisotopic (exact) mass is 496 g/mol. The van der Waals surface area contributed by atoms with E-state index in [0.29, 0.717) is 43.8 Å². The second-order valence-electron chi connectivity index (χ2n) is 11.6. The predicted molar refractivity (Wildman–Crippen MR) is 148 cm³/mol. The number of hydrogen-bond acceptors (Lipinski definition) is 4. The Morgan fingerprint density at radius 1 is 0.457 bits per heavy atom. The number of esters is 2. The summed E-state index contributed by atoms with van der Waals surface area (Å²) in [4.78, 5) is 23.4. The van der Waals surface area contributed by atoms with Crippen LogP contribution in [0.1, 0.15) is 157 Å². The standard InChI is InChI=1S/C31H60O4/c1-27(2)23-25-34-30(32)20-18-16-14-12-10-8-6-7-9-11-13-15-17-19-29(5)21-22-31(33)35-26-24-28(3)4/h27-29H,6-26H2,1-5H3. The van der Waals surface area contributed by atoms with Crippen LogP contribution in [0.25, 0.3) is 0 Å². The van der Waals surface area contributed by atoms with Gasteiger partial charge in [-0.2, -0.15) is 0 Å². The van der Waals surface area contributed by atoms with E-state index < -0.39 is 0 Å². The second kappa shape index (κ2) is 24.6. The SMILES string of the molecule is CC(C)CCOC(=O)CCCCCCCCCCCCCCCC(C)CCC(=O)OCCC(C)C. The summed E-state index contributed by atoms with van der Waals surface area (Å²) in [6, 6.07) is 0. The molecule has 1 atom stereocenters. The molecular formula is C31H60O4. The summed E-state index contributed by atoms with van der Waals surface area (Å²) >= 11 is 0. The van der Waals surface area contributed by atoms with Crippen molar-refractivity contribution >= 4 is 11.9 Å². The molecule has 0 aromatic heterocycles. The zero-order chi connectivity index (χ0) is 26.2. The summed E-state index contributed by atoms with van der Waals surface area (Å²) in [6.07, 6.45) is 22.1. The molecule has 0 rings (SSSR count). The summed E-state index contributed by atoms with van der Waals surface area (Å²) in [7, 11) is 0. The number of hydrogen-bond donors (Lipinski definition) is 0. The molecule has 0 spiro atoms. The Bertz CT molecular complexity index is 486. The van der Waals surface area contributed by atoms with Crippen LogP contribution in [0.15, 0.2) is 0 Å². The van der Waals surface area contributed by atoms with E-state index in [9.17, 15) is 9.59 Å². The molecule has 0 saturated heterocycles. The molecule has 0 amide bonds. The maximum absolute atomic E-state index is 11.8. The molecule has 0 aliphatic carbocycles. The number of unbranched alkanes of at least 4 members (excludes halogenated alkanes) is 12. The highest BCUT2D eigenvalue weighted by molar-refractivity contribution is 5.69. The van der Waals surface area contributed by atoms with Crippen molar-refractivity contribution < 1.29 is 19.1 Å². The van der Waals surface area contributed by atoms with Gasteiger partial charge < -0.3 is 9.47 Å². The second-order valence-corrected chi connectivity index (χ2v) is 11.6. The van der Waals surface area contributed by atoms with Gasteiger partial charge in [0.05, 0.1) is 13.2 Å². The molecule has 4 heteroatoms. The Kier molecular flexibility index (Phi) is 23.9. The molecule has 0 aliphatic rings. The van der Waals surface area contributed by atoms with Gasteiger partial charge in [-0.05, 0) is 43.4 Å². The third-order valence-electron chi connectivity index (χ3n) is 6.84. The predicted octanol–water partition coefficient (Wildman–Crippen LogP) is 9.43. The van der Waals surface area contributed by atoms with Gasteiger partial charge in [-0.1, -0.05) is 118 Å². The zero-order valence-corrected chi connectivity index (χ0v) is 24.2. The minimum atomic E-state index is -0.0213. The molecule has 4 nitrogen and oxygen atoms in total. The largest absolute Gasteiger partial charge is 0.466 e. The molecule has 0 heterocycles. The lowest BCUT2D eigenvalue weighted by Crippen LogP contribution is -2.09. The molecule has 35 heavy (non-hydrogen) atoms. The van der Waals surface area contributed by atoms with E-state index in [2.05, 4.69) is 34.6 Å². The van der Waals surface area contributed by atoms with E-state index in [1.54, 1.807) is 0 Å². The zero-order valence-electron chi connectivity index (χ0n) is 24.2. The van der Waals surface area contributed by atoms with Gasteiger partial charge >= 0.3 is 11.9 Å². The van der Waals surface area contributed by atoms with Crippen molar-refractivity contribution in [1.29, 1.82) is 0 Å². The highest BCUT2D eigenvalue weighted by Crippen LogP contribution is 2.18. The molecule has 0 aromatic rings. The van der Waals surface area contributed by atoms with E-state index in [4.69, 9.17) is 9.47 Å². The highest BCUT2D eigenvalue weighted by atomic mass is 16.5. The molecule has 208 valence electrons. The van der Waals surface area contributed by atoms with E-state index in [-0.39, 0.29) is 11.9 Å². The van der Waals surface area contributed by atoms with Gasteiger partial charge in [0.1, 0.15) is 0 Å². The summed E-state index contributed by atoms with van der Waals surface area (Å²) in [5.41, 5.74) is 0. The smallest absolute Gasteiger partial charge is 0.305 e. The quantitative estimate of drug-likeness (QED) is 0.0932. The lowest BCUT2D eigenvalue weighted by Gasteiger charge is -2.11. The van der Waals surface area contributed by atoms with Crippen molar-refractivity contribution in [2.75, 3.05) is 13.2 Å². The van der Waals surface area contributed by atoms with Gasteiger partial charge in [0.15, 0.2) is 0 Å². The number of carbonyl (C=O) groups excluding carboxylic acids is 2. The van der Waals surface area contributed by atoms with Crippen LogP contribution in [-0.2, 0) is 19.1 Å². The first kappa shape index (κ1) is 33.9. The Morgan fingerprint density at radius 3 is 1.26 bits per heavy atom. The topological polar surface area (TPSA) is 52.6 Å². The minimum Gasteiger partial charge on any atom is -0.466 e. The van der Waals surface area contributed by atoms with E-state index in [1.807, 2.05) is 0 Å². The van der Waals surface area contributed by atoms with Crippen LogP contribution in [0.4, 0.5) is 0 Å². The summed E-state index contributed by atoms with van der Waals surface area (Å²) in [5, 5.41) is 0. The van der Waals surface area contributed by atoms with Crippen LogP contribution in [0.5, 0.6) is 0 Å². The molecular weight excluding hydrogens is 436 g/mol. The summed E-state index contributed by atoms with van der Waals surface area (Å²) in [6.45, 7) is 12.0. The van der Waals surface area contributed by atoms with Crippen LogP contribution in [-0.4, -0.2) is 25.2 Å². The van der Waals surface area contributed by atoms with Gasteiger partial charge in [0, 0.05) is 12.8 Å². The first-order valence-corrected chi connectivity index (χ1v) is 15.1. The van der Waals surface area contributed by atoms with E-state index >= 15 is 0 Å². The molecule has 0 bridgehead atoms. The van der Waals surface area contributed by atoms with Gasteiger partial charge in [0.25, 0.3) is 0 Å². The van der Waals surface area contributed by atoms with Crippen molar-refractivity contribution in [2.45, 2.75) is 157 Å². The number of rotatable bonds is 25. The summed E-state index contributed by atoms with van der Waals surface area (Å²) < 4.78 is 10.6. The third-order valence-corrected chi connectivity index (χ3v) is 6.84. The molecule has 0 aliphatic heterocycles. The first-order chi connectivity index (χ1) is 16.8. The Balaban J connectivity index is 3.29. The molecule has 0 aromatic carbocycles. The van der Waals surface area contributed by atoms with Gasteiger partial charge in [-0.3, -0.25) is 9.59 Å². The Labute approximate surface area is 218 Å². The van der Waals surface area contributed by atoms with Crippen molar-refractivity contribution in [3.63, 3.8) is 0 Å². The van der Waals surface area contributed by atoms with E-state index in [0.717, 1.165) is 32.1 Å². The maximum atomic E-state index is 11.8. The Hall–Kier alpha value is -1.06. The van der Waals surface area contributed by atoms with Crippen LogP contribution in [0, 0.1) is 17.8 Å². The molecule has 0 radical (unpaired) electrons. The van der Waals surface area contributed by atoms with Gasteiger partial charge in [-0.25, -0.2) is 0 Å². The molecule has 0 fully saturated rings. The first-order valence-electron chi connectivity index (χ1n) is 15.1. The molecule has 1 unspecified atom stereocenters. The fraction of sp³-hybridized carbons (Fsp3) is 0.935. The van der Waals surface area contributed by atoms with E-state index in [1.165, 1.54) is 77.0 Å². The fourth-order valence-electron chi connectivity index (χ4n) is 4.18. The minimum absolute atomic E-state index is 0.0188. The van der Waals surface area contributed by atoms with Gasteiger partial charge in [0.2, 0.25) is 0 Å². The lowest BCUT2D eigenvalue weighted by atomic mass is 9.97. The highest BCUT2D eigenvalue weighted by Gasteiger charge is 2.08. The third kappa shape index (κ3) is 27.4. The summed E-state index contributed by atoms with van der Waals surface area (Å²) in [5.74, 6) is 1.77. The molecule has 0 N–H and O–H groups in total. The van der Waals surface area contributed by atoms with Crippen LogP contribution in [0.3, 0.4) is 0 Å². The molecule has 0 saturated carbocycles. The average Bonchev–Trinajstić information content (AvgIpc) is 2.79. The Morgan fingerprint density at radius 2 is 0.829 bits per heavy atom.